The number of likely N-dealkylation sites (N-methyl/N-ethyl adjacent to an activating group) is 1. The largest absolute Gasteiger partial charge is 0.465 e. The smallest absolute Gasteiger partial charge is 0.337 e. The van der Waals surface area contributed by atoms with Crippen LogP contribution < -0.4 is 5.32 Å². The summed E-state index contributed by atoms with van der Waals surface area (Å²) in [4.78, 5) is 13.9. The fourth-order valence-electron chi connectivity index (χ4n) is 2.71. The maximum Gasteiger partial charge on any atom is 0.337 e. The second-order valence-electron chi connectivity index (χ2n) is 5.56. The highest BCUT2D eigenvalue weighted by molar-refractivity contribution is 9.10. The van der Waals surface area contributed by atoms with E-state index in [1.54, 1.807) is 6.07 Å². The van der Waals surface area contributed by atoms with Gasteiger partial charge >= 0.3 is 5.97 Å². The highest BCUT2D eigenvalue weighted by atomic mass is 79.9. The van der Waals surface area contributed by atoms with Crippen molar-refractivity contribution in [1.29, 1.82) is 0 Å². The van der Waals surface area contributed by atoms with E-state index in [-0.39, 0.29) is 5.97 Å². The van der Waals surface area contributed by atoms with E-state index in [1.807, 2.05) is 12.1 Å². The number of rotatable bonds is 5. The number of carbonyl (C=O) groups excluding carboxylic acids is 1. The fourth-order valence-corrected chi connectivity index (χ4v) is 3.23. The summed E-state index contributed by atoms with van der Waals surface area (Å²) in [6.45, 7) is 3.00. The molecule has 4 nitrogen and oxygen atoms in total. The van der Waals surface area contributed by atoms with Crippen LogP contribution in [-0.2, 0) is 11.3 Å². The Morgan fingerprint density at radius 1 is 1.48 bits per heavy atom. The van der Waals surface area contributed by atoms with Gasteiger partial charge in [0, 0.05) is 23.6 Å². The normalized spacial score (nSPS) is 19.5. The number of benzene rings is 1. The summed E-state index contributed by atoms with van der Waals surface area (Å²) in [5, 5.41) is 3.52. The molecule has 0 spiro atoms. The van der Waals surface area contributed by atoms with Gasteiger partial charge in [-0.2, -0.15) is 0 Å². The first-order chi connectivity index (χ1) is 10.1. The molecule has 0 bridgehead atoms. The van der Waals surface area contributed by atoms with Crippen LogP contribution in [0.25, 0.3) is 0 Å². The Kier molecular flexibility index (Phi) is 6.21. The van der Waals surface area contributed by atoms with Crippen molar-refractivity contribution >= 4 is 21.9 Å². The Morgan fingerprint density at radius 2 is 2.29 bits per heavy atom. The van der Waals surface area contributed by atoms with E-state index in [0.717, 1.165) is 23.1 Å². The Hall–Kier alpha value is -0.910. The summed E-state index contributed by atoms with van der Waals surface area (Å²) in [7, 11) is 3.60. The van der Waals surface area contributed by atoms with Crippen LogP contribution in [0.2, 0.25) is 0 Å². The van der Waals surface area contributed by atoms with Crippen molar-refractivity contribution in [2.75, 3.05) is 27.2 Å². The predicted octanol–water partition coefficient (Wildman–Crippen LogP) is 2.81. The molecular formula is C16H23BrN2O2. The minimum atomic E-state index is -0.306. The quantitative estimate of drug-likeness (QED) is 0.825. The molecule has 0 radical (unpaired) electrons. The molecule has 1 heterocycles. The van der Waals surface area contributed by atoms with Crippen molar-refractivity contribution < 1.29 is 9.53 Å². The third kappa shape index (κ3) is 4.53. The number of hydrogen-bond acceptors (Lipinski definition) is 4. The van der Waals surface area contributed by atoms with Gasteiger partial charge in [-0.3, -0.25) is 0 Å². The molecule has 1 aliphatic heterocycles. The van der Waals surface area contributed by atoms with Crippen LogP contribution in [0.1, 0.15) is 35.2 Å². The van der Waals surface area contributed by atoms with Crippen LogP contribution in [0, 0.1) is 0 Å². The van der Waals surface area contributed by atoms with Crippen LogP contribution in [-0.4, -0.2) is 44.2 Å². The standard InChI is InChI=1S/C16H23BrN2O2/c1-19-8-4-3-5-14(19)11-18-10-13-7-6-12(9-15(13)17)16(20)21-2/h6-7,9,14,18H,3-5,8,10-11H2,1-2H3. The van der Waals surface area contributed by atoms with Gasteiger partial charge in [0.2, 0.25) is 0 Å². The molecule has 1 unspecified atom stereocenters. The molecule has 116 valence electrons. The summed E-state index contributed by atoms with van der Waals surface area (Å²) in [5.74, 6) is -0.306. The number of carbonyl (C=O) groups is 1. The second-order valence-corrected chi connectivity index (χ2v) is 6.41. The fraction of sp³-hybridized carbons (Fsp3) is 0.562. The number of esters is 1. The van der Waals surface area contributed by atoms with Crippen LogP contribution in [0.15, 0.2) is 22.7 Å². The van der Waals surface area contributed by atoms with Gasteiger partial charge < -0.3 is 15.0 Å². The molecule has 21 heavy (non-hydrogen) atoms. The third-order valence-electron chi connectivity index (χ3n) is 4.09. The molecule has 1 atom stereocenters. The number of piperidine rings is 1. The molecule has 2 rings (SSSR count). The van der Waals surface area contributed by atoms with Gasteiger partial charge in [0.05, 0.1) is 12.7 Å². The summed E-state index contributed by atoms with van der Waals surface area (Å²) in [6.07, 6.45) is 3.91. The molecule has 1 aliphatic rings. The molecule has 0 aromatic heterocycles. The summed E-state index contributed by atoms with van der Waals surface area (Å²) in [5.41, 5.74) is 1.72. The maximum atomic E-state index is 11.5. The van der Waals surface area contributed by atoms with Crippen molar-refractivity contribution in [1.82, 2.24) is 10.2 Å². The number of ether oxygens (including phenoxy) is 1. The Labute approximate surface area is 135 Å². The lowest BCUT2D eigenvalue weighted by atomic mass is 10.0. The summed E-state index contributed by atoms with van der Waals surface area (Å²) in [6, 6.07) is 6.22. The number of nitrogens with zero attached hydrogens (tertiary/aromatic N) is 1. The number of nitrogens with one attached hydrogen (secondary N) is 1. The van der Waals surface area contributed by atoms with E-state index in [1.165, 1.54) is 32.9 Å². The maximum absolute atomic E-state index is 11.5. The van der Waals surface area contributed by atoms with Crippen molar-refractivity contribution in [2.24, 2.45) is 0 Å². The number of methoxy groups -OCH3 is 1. The Balaban J connectivity index is 1.87. The minimum absolute atomic E-state index is 0.306. The number of hydrogen-bond donors (Lipinski definition) is 1. The molecule has 1 fully saturated rings. The SMILES string of the molecule is COC(=O)c1ccc(CNCC2CCCCN2C)c(Br)c1. The van der Waals surface area contributed by atoms with Gasteiger partial charge in [0.15, 0.2) is 0 Å². The van der Waals surface area contributed by atoms with Gasteiger partial charge in [-0.1, -0.05) is 28.4 Å². The van der Waals surface area contributed by atoms with Crippen molar-refractivity contribution in [3.63, 3.8) is 0 Å². The van der Waals surface area contributed by atoms with E-state index in [2.05, 4.69) is 33.2 Å². The average Bonchev–Trinajstić information content (AvgIpc) is 2.50. The molecule has 1 saturated heterocycles. The van der Waals surface area contributed by atoms with Crippen LogP contribution >= 0.6 is 15.9 Å². The molecule has 1 aromatic carbocycles. The zero-order chi connectivity index (χ0) is 15.2. The lowest BCUT2D eigenvalue weighted by molar-refractivity contribution is 0.0600. The lowest BCUT2D eigenvalue weighted by Gasteiger charge is -2.32. The number of halogens is 1. The molecular weight excluding hydrogens is 332 g/mol. The highest BCUT2D eigenvalue weighted by Crippen LogP contribution is 2.19. The van der Waals surface area contributed by atoms with Gasteiger partial charge in [0.1, 0.15) is 0 Å². The molecule has 5 heteroatoms. The molecule has 0 saturated carbocycles. The minimum Gasteiger partial charge on any atom is -0.465 e. The first kappa shape index (κ1) is 16.5. The van der Waals surface area contributed by atoms with Crippen LogP contribution in [0.3, 0.4) is 0 Å². The molecule has 1 N–H and O–H groups in total. The van der Waals surface area contributed by atoms with Crippen LogP contribution in [0.5, 0.6) is 0 Å². The van der Waals surface area contributed by atoms with E-state index in [9.17, 15) is 4.79 Å². The van der Waals surface area contributed by atoms with E-state index in [0.29, 0.717) is 11.6 Å². The third-order valence-corrected chi connectivity index (χ3v) is 4.83. The van der Waals surface area contributed by atoms with Gasteiger partial charge in [-0.15, -0.1) is 0 Å². The van der Waals surface area contributed by atoms with E-state index < -0.39 is 0 Å². The first-order valence-corrected chi connectivity index (χ1v) is 8.19. The molecule has 0 aliphatic carbocycles. The Bertz CT molecular complexity index is 493. The second kappa shape index (κ2) is 7.92. The van der Waals surface area contributed by atoms with Crippen molar-refractivity contribution in [2.45, 2.75) is 31.8 Å². The molecule has 0 amide bonds. The summed E-state index contributed by atoms with van der Waals surface area (Å²) < 4.78 is 5.66. The molecule has 1 aromatic rings. The predicted molar refractivity (Wildman–Crippen MR) is 87.5 cm³/mol. The lowest BCUT2D eigenvalue weighted by Crippen LogP contribution is -2.42. The van der Waals surface area contributed by atoms with Crippen molar-refractivity contribution in [3.05, 3.63) is 33.8 Å². The number of likely N-dealkylation sites (tertiary alicyclic amines) is 1. The topological polar surface area (TPSA) is 41.6 Å². The first-order valence-electron chi connectivity index (χ1n) is 7.39. The zero-order valence-corrected chi connectivity index (χ0v) is 14.3. The van der Waals surface area contributed by atoms with Gasteiger partial charge in [-0.25, -0.2) is 4.79 Å². The van der Waals surface area contributed by atoms with E-state index in [4.69, 9.17) is 4.74 Å². The van der Waals surface area contributed by atoms with E-state index >= 15 is 0 Å². The van der Waals surface area contributed by atoms with Gasteiger partial charge in [-0.05, 0) is 44.1 Å². The monoisotopic (exact) mass is 354 g/mol. The Morgan fingerprint density at radius 3 is 2.95 bits per heavy atom. The zero-order valence-electron chi connectivity index (χ0n) is 12.7. The van der Waals surface area contributed by atoms with Gasteiger partial charge in [0.25, 0.3) is 0 Å². The van der Waals surface area contributed by atoms with Crippen LogP contribution in [0.4, 0.5) is 0 Å². The highest BCUT2D eigenvalue weighted by Gasteiger charge is 2.18. The summed E-state index contributed by atoms with van der Waals surface area (Å²) >= 11 is 3.52. The average molecular weight is 355 g/mol. The van der Waals surface area contributed by atoms with Crippen molar-refractivity contribution in [3.8, 4) is 0 Å².